The summed E-state index contributed by atoms with van der Waals surface area (Å²) in [5.74, 6) is 1.74. The van der Waals surface area contributed by atoms with Gasteiger partial charge in [-0.2, -0.15) is 0 Å². The minimum Gasteiger partial charge on any atom is -0.359 e. The van der Waals surface area contributed by atoms with Crippen LogP contribution in [0.4, 0.5) is 0 Å². The lowest BCUT2D eigenvalue weighted by Crippen LogP contribution is -1.99. The van der Waals surface area contributed by atoms with Crippen LogP contribution in [0.25, 0.3) is 22.0 Å². The van der Waals surface area contributed by atoms with E-state index < -0.39 is 0 Å². The zero-order valence-corrected chi connectivity index (χ0v) is 13.3. The van der Waals surface area contributed by atoms with E-state index in [4.69, 9.17) is 4.52 Å². The summed E-state index contributed by atoms with van der Waals surface area (Å²) in [6.45, 7) is 2.69. The third kappa shape index (κ3) is 2.68. The molecule has 0 aromatic carbocycles. The number of thiophene rings is 1. The lowest BCUT2D eigenvalue weighted by molar-refractivity contribution is 0.379. The number of nitrogens with zero attached hydrogens (tertiary/aromatic N) is 4. The van der Waals surface area contributed by atoms with Crippen molar-refractivity contribution in [2.75, 3.05) is 0 Å². The van der Waals surface area contributed by atoms with Crippen molar-refractivity contribution >= 4 is 11.3 Å². The second-order valence-corrected chi connectivity index (χ2v) is 6.15. The summed E-state index contributed by atoms with van der Waals surface area (Å²) >= 11 is 1.70. The maximum Gasteiger partial charge on any atom is 0.157 e. The highest BCUT2D eigenvalue weighted by Gasteiger charge is 2.13. The van der Waals surface area contributed by atoms with Gasteiger partial charge in [0, 0.05) is 36.4 Å². The zero-order valence-electron chi connectivity index (χ0n) is 12.5. The Morgan fingerprint density at radius 1 is 1.26 bits per heavy atom. The molecule has 4 rings (SSSR count). The highest BCUT2D eigenvalue weighted by Crippen LogP contribution is 2.28. The van der Waals surface area contributed by atoms with Gasteiger partial charge in [-0.3, -0.25) is 4.98 Å². The lowest BCUT2D eigenvalue weighted by Gasteiger charge is -2.04. The Morgan fingerprint density at radius 2 is 2.22 bits per heavy atom. The van der Waals surface area contributed by atoms with E-state index in [-0.39, 0.29) is 0 Å². The number of rotatable bonds is 4. The van der Waals surface area contributed by atoms with Crippen molar-refractivity contribution in [3.8, 4) is 22.0 Å². The first-order chi connectivity index (χ1) is 11.3. The molecule has 6 heteroatoms. The first-order valence-electron chi connectivity index (χ1n) is 7.23. The SMILES string of the molecule is Cc1ccsc1-c1nccn1Cc1cc(-c2cccnc2)no1. The van der Waals surface area contributed by atoms with Crippen LogP contribution in [0.1, 0.15) is 11.3 Å². The Hall–Kier alpha value is -2.73. The molecule has 0 saturated heterocycles. The Kier molecular flexibility index (Phi) is 3.51. The number of aromatic nitrogens is 4. The van der Waals surface area contributed by atoms with Gasteiger partial charge < -0.3 is 9.09 Å². The van der Waals surface area contributed by atoms with Crippen LogP contribution in [-0.4, -0.2) is 19.7 Å². The molecule has 0 atom stereocenters. The van der Waals surface area contributed by atoms with E-state index in [9.17, 15) is 0 Å². The predicted molar refractivity (Wildman–Crippen MR) is 89.1 cm³/mol. The molecule has 5 nitrogen and oxygen atoms in total. The van der Waals surface area contributed by atoms with Gasteiger partial charge in [-0.1, -0.05) is 5.16 Å². The smallest absolute Gasteiger partial charge is 0.157 e. The van der Waals surface area contributed by atoms with Gasteiger partial charge in [0.15, 0.2) is 11.6 Å². The van der Waals surface area contributed by atoms with Gasteiger partial charge in [-0.15, -0.1) is 11.3 Å². The van der Waals surface area contributed by atoms with Crippen LogP contribution in [0.3, 0.4) is 0 Å². The van der Waals surface area contributed by atoms with E-state index in [2.05, 4.69) is 38.1 Å². The topological polar surface area (TPSA) is 56.7 Å². The molecule has 0 aliphatic carbocycles. The summed E-state index contributed by atoms with van der Waals surface area (Å²) in [4.78, 5) is 9.77. The van der Waals surface area contributed by atoms with Crippen molar-refractivity contribution in [2.24, 2.45) is 0 Å². The standard InChI is InChI=1S/C17H14N4OS/c1-12-4-8-23-16(12)17-19-6-7-21(17)11-14-9-15(20-22-14)13-3-2-5-18-10-13/h2-10H,11H2,1H3. The molecule has 4 aromatic rings. The molecular formula is C17H14N4OS. The summed E-state index contributed by atoms with van der Waals surface area (Å²) in [5, 5.41) is 6.21. The summed E-state index contributed by atoms with van der Waals surface area (Å²) in [7, 11) is 0. The molecule has 0 amide bonds. The van der Waals surface area contributed by atoms with Crippen molar-refractivity contribution in [1.29, 1.82) is 0 Å². The van der Waals surface area contributed by atoms with E-state index in [0.29, 0.717) is 6.54 Å². The predicted octanol–water partition coefficient (Wildman–Crippen LogP) is 4.02. The van der Waals surface area contributed by atoms with Crippen LogP contribution in [0, 0.1) is 6.92 Å². The van der Waals surface area contributed by atoms with E-state index in [1.807, 2.05) is 30.6 Å². The van der Waals surface area contributed by atoms with Gasteiger partial charge in [0.25, 0.3) is 0 Å². The van der Waals surface area contributed by atoms with Crippen molar-refractivity contribution in [3.05, 3.63) is 65.8 Å². The molecule has 0 radical (unpaired) electrons. The molecule has 4 heterocycles. The van der Waals surface area contributed by atoms with Crippen molar-refractivity contribution < 1.29 is 4.52 Å². The fourth-order valence-corrected chi connectivity index (χ4v) is 3.39. The van der Waals surface area contributed by atoms with Gasteiger partial charge in [0.05, 0.1) is 11.4 Å². The van der Waals surface area contributed by atoms with Crippen LogP contribution in [0.15, 0.2) is 59.0 Å². The number of hydrogen-bond acceptors (Lipinski definition) is 5. The monoisotopic (exact) mass is 322 g/mol. The molecule has 0 N–H and O–H groups in total. The van der Waals surface area contributed by atoms with Crippen LogP contribution < -0.4 is 0 Å². The fourth-order valence-electron chi connectivity index (χ4n) is 2.45. The minimum absolute atomic E-state index is 0.597. The third-order valence-corrected chi connectivity index (χ3v) is 4.64. The van der Waals surface area contributed by atoms with E-state index >= 15 is 0 Å². The zero-order chi connectivity index (χ0) is 15.6. The Labute approximate surface area is 137 Å². The molecule has 114 valence electrons. The molecule has 0 aliphatic heterocycles. The van der Waals surface area contributed by atoms with Gasteiger partial charge in [0.1, 0.15) is 5.69 Å². The quantitative estimate of drug-likeness (QED) is 0.569. The average Bonchev–Trinajstić information content (AvgIpc) is 3.30. The average molecular weight is 322 g/mol. The second-order valence-electron chi connectivity index (χ2n) is 5.23. The van der Waals surface area contributed by atoms with Crippen molar-refractivity contribution in [3.63, 3.8) is 0 Å². The van der Waals surface area contributed by atoms with E-state index in [1.54, 1.807) is 23.7 Å². The maximum absolute atomic E-state index is 5.47. The first kappa shape index (κ1) is 13.9. The highest BCUT2D eigenvalue weighted by molar-refractivity contribution is 7.13. The maximum atomic E-state index is 5.47. The Bertz CT molecular complexity index is 923. The number of imidazole rings is 1. The van der Waals surface area contributed by atoms with E-state index in [0.717, 1.165) is 22.8 Å². The molecule has 0 fully saturated rings. The Balaban J connectivity index is 1.62. The molecule has 0 unspecified atom stereocenters. The summed E-state index contributed by atoms with van der Waals surface area (Å²) in [6.07, 6.45) is 7.29. The first-order valence-corrected chi connectivity index (χ1v) is 8.11. The van der Waals surface area contributed by atoms with Crippen LogP contribution in [-0.2, 0) is 6.54 Å². The third-order valence-electron chi connectivity index (χ3n) is 3.62. The summed E-state index contributed by atoms with van der Waals surface area (Å²) in [5.41, 5.74) is 2.97. The minimum atomic E-state index is 0.597. The molecule has 23 heavy (non-hydrogen) atoms. The molecule has 0 aliphatic rings. The largest absolute Gasteiger partial charge is 0.359 e. The number of pyridine rings is 1. The summed E-state index contributed by atoms with van der Waals surface area (Å²) < 4.78 is 7.55. The molecule has 4 aromatic heterocycles. The second kappa shape index (κ2) is 5.81. The van der Waals surface area contributed by atoms with Crippen LogP contribution in [0.5, 0.6) is 0 Å². The van der Waals surface area contributed by atoms with Gasteiger partial charge in [0.2, 0.25) is 0 Å². The van der Waals surface area contributed by atoms with Crippen LogP contribution in [0.2, 0.25) is 0 Å². The van der Waals surface area contributed by atoms with Gasteiger partial charge >= 0.3 is 0 Å². The van der Waals surface area contributed by atoms with Crippen molar-refractivity contribution in [1.82, 2.24) is 19.7 Å². The molecule has 0 spiro atoms. The van der Waals surface area contributed by atoms with Crippen molar-refractivity contribution in [2.45, 2.75) is 13.5 Å². The Morgan fingerprint density at radius 3 is 3.00 bits per heavy atom. The highest BCUT2D eigenvalue weighted by atomic mass is 32.1. The van der Waals surface area contributed by atoms with E-state index in [1.165, 1.54) is 10.4 Å². The summed E-state index contributed by atoms with van der Waals surface area (Å²) in [6, 6.07) is 7.90. The molecular weight excluding hydrogens is 308 g/mol. The normalized spacial score (nSPS) is 11.0. The van der Waals surface area contributed by atoms with Gasteiger partial charge in [-0.05, 0) is 36.1 Å². The lowest BCUT2D eigenvalue weighted by atomic mass is 10.2. The number of hydrogen-bond donors (Lipinski definition) is 0. The van der Waals surface area contributed by atoms with Crippen LogP contribution >= 0.6 is 11.3 Å². The number of aryl methyl sites for hydroxylation is 1. The van der Waals surface area contributed by atoms with Gasteiger partial charge in [-0.25, -0.2) is 4.98 Å². The fraction of sp³-hybridized carbons (Fsp3) is 0.118. The molecule has 0 bridgehead atoms. The molecule has 0 saturated carbocycles.